The fraction of sp³-hybridized carbons (Fsp3) is 0.421. The van der Waals surface area contributed by atoms with Crippen molar-refractivity contribution in [1.82, 2.24) is 15.1 Å². The minimum atomic E-state index is -0.952. The summed E-state index contributed by atoms with van der Waals surface area (Å²) in [6.07, 6.45) is 3.14. The van der Waals surface area contributed by atoms with E-state index < -0.39 is 5.60 Å². The second-order valence-electron chi connectivity index (χ2n) is 6.74. The standard InChI is InChI=1S/C19H22ClN3O3/c1-19(2,26-16-7-5-14(20)6-8-16)18(24)23-12-9-15(10-13-23)25-17-4-3-11-21-22-17/h3-8,11,15H,9-10,12-13H2,1-2H3. The Morgan fingerprint density at radius 2 is 1.88 bits per heavy atom. The first kappa shape index (κ1) is 18.5. The molecule has 138 valence electrons. The van der Waals surface area contributed by atoms with Crippen LogP contribution in [0.1, 0.15) is 26.7 Å². The van der Waals surface area contributed by atoms with Gasteiger partial charge in [0.1, 0.15) is 11.9 Å². The lowest BCUT2D eigenvalue weighted by atomic mass is 10.0. The number of likely N-dealkylation sites (tertiary alicyclic amines) is 1. The average molecular weight is 376 g/mol. The molecule has 0 unspecified atom stereocenters. The molecule has 0 bridgehead atoms. The molecule has 0 spiro atoms. The van der Waals surface area contributed by atoms with Crippen molar-refractivity contribution in [1.29, 1.82) is 0 Å². The first-order valence-electron chi connectivity index (χ1n) is 8.62. The molecule has 1 aliphatic rings. The Morgan fingerprint density at radius 3 is 2.50 bits per heavy atom. The van der Waals surface area contributed by atoms with Crippen LogP contribution in [0, 0.1) is 0 Å². The zero-order chi connectivity index (χ0) is 18.6. The topological polar surface area (TPSA) is 64.5 Å². The van der Waals surface area contributed by atoms with E-state index in [1.54, 1.807) is 56.4 Å². The fourth-order valence-corrected chi connectivity index (χ4v) is 3.05. The highest BCUT2D eigenvalue weighted by Crippen LogP contribution is 2.24. The van der Waals surface area contributed by atoms with Crippen LogP contribution in [0.15, 0.2) is 42.6 Å². The Labute approximate surface area is 158 Å². The zero-order valence-electron chi connectivity index (χ0n) is 14.9. The van der Waals surface area contributed by atoms with E-state index in [0.717, 1.165) is 12.8 Å². The number of hydrogen-bond acceptors (Lipinski definition) is 5. The predicted octanol–water partition coefficient (Wildman–Crippen LogP) is 3.36. The number of carbonyl (C=O) groups is 1. The van der Waals surface area contributed by atoms with Gasteiger partial charge in [-0.05, 0) is 44.2 Å². The lowest BCUT2D eigenvalue weighted by molar-refractivity contribution is -0.147. The highest BCUT2D eigenvalue weighted by Gasteiger charge is 2.36. The molecule has 1 aliphatic heterocycles. The van der Waals surface area contributed by atoms with Crippen molar-refractivity contribution < 1.29 is 14.3 Å². The maximum atomic E-state index is 12.9. The summed E-state index contributed by atoms with van der Waals surface area (Å²) >= 11 is 5.89. The molecule has 6 nitrogen and oxygen atoms in total. The van der Waals surface area contributed by atoms with Crippen molar-refractivity contribution in [3.05, 3.63) is 47.6 Å². The molecule has 1 aromatic carbocycles. The lowest BCUT2D eigenvalue weighted by Crippen LogP contribution is -2.52. The summed E-state index contributed by atoms with van der Waals surface area (Å²) < 4.78 is 11.7. The zero-order valence-corrected chi connectivity index (χ0v) is 15.6. The van der Waals surface area contributed by atoms with Crippen LogP contribution in [-0.4, -0.2) is 45.8 Å². The average Bonchev–Trinajstić information content (AvgIpc) is 2.64. The largest absolute Gasteiger partial charge is 0.478 e. The van der Waals surface area contributed by atoms with Gasteiger partial charge in [0.05, 0.1) is 0 Å². The van der Waals surface area contributed by atoms with Crippen LogP contribution in [0.3, 0.4) is 0 Å². The highest BCUT2D eigenvalue weighted by atomic mass is 35.5. The molecule has 0 radical (unpaired) electrons. The van der Waals surface area contributed by atoms with Gasteiger partial charge in [0, 0.05) is 43.2 Å². The van der Waals surface area contributed by atoms with Crippen LogP contribution in [0.25, 0.3) is 0 Å². The van der Waals surface area contributed by atoms with Gasteiger partial charge in [0.15, 0.2) is 5.60 Å². The Morgan fingerprint density at radius 1 is 1.19 bits per heavy atom. The molecule has 1 fully saturated rings. The summed E-state index contributed by atoms with van der Waals surface area (Å²) in [6.45, 7) is 4.81. The monoisotopic (exact) mass is 375 g/mol. The van der Waals surface area contributed by atoms with E-state index in [0.29, 0.717) is 29.7 Å². The SMILES string of the molecule is CC(C)(Oc1ccc(Cl)cc1)C(=O)N1CCC(Oc2cccnn2)CC1. The number of nitrogens with zero attached hydrogens (tertiary/aromatic N) is 3. The first-order valence-corrected chi connectivity index (χ1v) is 9.00. The third-order valence-corrected chi connectivity index (χ3v) is 4.52. The molecule has 7 heteroatoms. The van der Waals surface area contributed by atoms with Gasteiger partial charge in [-0.25, -0.2) is 0 Å². The molecule has 0 saturated carbocycles. The number of halogens is 1. The van der Waals surface area contributed by atoms with E-state index in [1.165, 1.54) is 0 Å². The number of ether oxygens (including phenoxy) is 2. The quantitative estimate of drug-likeness (QED) is 0.801. The predicted molar refractivity (Wildman–Crippen MR) is 98.4 cm³/mol. The Hall–Kier alpha value is -2.34. The van der Waals surface area contributed by atoms with Crippen molar-refractivity contribution in [3.8, 4) is 11.6 Å². The maximum absolute atomic E-state index is 12.9. The molecule has 1 saturated heterocycles. The van der Waals surface area contributed by atoms with Gasteiger partial charge >= 0.3 is 0 Å². The number of piperidine rings is 1. The summed E-state index contributed by atoms with van der Waals surface area (Å²) in [5, 5.41) is 8.37. The van der Waals surface area contributed by atoms with Crippen molar-refractivity contribution in [3.63, 3.8) is 0 Å². The molecular weight excluding hydrogens is 354 g/mol. The number of benzene rings is 1. The summed E-state index contributed by atoms with van der Waals surface area (Å²) in [5.74, 6) is 1.10. The molecule has 26 heavy (non-hydrogen) atoms. The Bertz CT molecular complexity index is 729. The highest BCUT2D eigenvalue weighted by molar-refractivity contribution is 6.30. The molecule has 0 aliphatic carbocycles. The first-order chi connectivity index (χ1) is 12.4. The van der Waals surface area contributed by atoms with Gasteiger partial charge in [-0.1, -0.05) is 11.6 Å². The van der Waals surface area contributed by atoms with E-state index in [4.69, 9.17) is 21.1 Å². The van der Waals surface area contributed by atoms with Crippen LogP contribution >= 0.6 is 11.6 Å². The van der Waals surface area contributed by atoms with Crippen LogP contribution in [0.5, 0.6) is 11.6 Å². The van der Waals surface area contributed by atoms with Crippen molar-refractivity contribution in [2.45, 2.75) is 38.4 Å². The molecule has 3 rings (SSSR count). The van der Waals surface area contributed by atoms with Gasteiger partial charge in [-0.3, -0.25) is 4.79 Å². The van der Waals surface area contributed by atoms with Gasteiger partial charge < -0.3 is 14.4 Å². The maximum Gasteiger partial charge on any atom is 0.266 e. The van der Waals surface area contributed by atoms with E-state index >= 15 is 0 Å². The number of rotatable bonds is 5. The van der Waals surface area contributed by atoms with Crippen LogP contribution in [0.2, 0.25) is 5.02 Å². The van der Waals surface area contributed by atoms with Crippen LogP contribution in [0.4, 0.5) is 0 Å². The van der Waals surface area contributed by atoms with Crippen LogP contribution in [-0.2, 0) is 4.79 Å². The number of carbonyl (C=O) groups excluding carboxylic acids is 1. The van der Waals surface area contributed by atoms with E-state index in [9.17, 15) is 4.79 Å². The van der Waals surface area contributed by atoms with Crippen molar-refractivity contribution >= 4 is 17.5 Å². The van der Waals surface area contributed by atoms with E-state index in [2.05, 4.69) is 10.2 Å². The van der Waals surface area contributed by atoms with Crippen molar-refractivity contribution in [2.24, 2.45) is 0 Å². The van der Waals surface area contributed by atoms with Crippen molar-refractivity contribution in [2.75, 3.05) is 13.1 Å². The molecule has 1 aromatic heterocycles. The normalized spacial score (nSPS) is 15.6. The number of amides is 1. The van der Waals surface area contributed by atoms with Gasteiger partial charge in [0.2, 0.25) is 5.88 Å². The lowest BCUT2D eigenvalue weighted by Gasteiger charge is -2.36. The number of aromatic nitrogens is 2. The molecular formula is C19H22ClN3O3. The van der Waals surface area contributed by atoms with Crippen LogP contribution < -0.4 is 9.47 Å². The van der Waals surface area contributed by atoms with Gasteiger partial charge in [0.25, 0.3) is 5.91 Å². The van der Waals surface area contributed by atoms with Gasteiger partial charge in [-0.15, -0.1) is 5.10 Å². The third-order valence-electron chi connectivity index (χ3n) is 4.27. The van der Waals surface area contributed by atoms with E-state index in [1.807, 2.05) is 4.90 Å². The molecule has 1 amide bonds. The summed E-state index contributed by atoms with van der Waals surface area (Å²) in [6, 6.07) is 10.6. The molecule has 0 atom stereocenters. The molecule has 2 aromatic rings. The second-order valence-corrected chi connectivity index (χ2v) is 7.17. The summed E-state index contributed by atoms with van der Waals surface area (Å²) in [7, 11) is 0. The fourth-order valence-electron chi connectivity index (χ4n) is 2.92. The smallest absolute Gasteiger partial charge is 0.266 e. The minimum absolute atomic E-state index is 0.0367. The summed E-state index contributed by atoms with van der Waals surface area (Å²) in [4.78, 5) is 14.7. The van der Waals surface area contributed by atoms with Gasteiger partial charge in [-0.2, -0.15) is 5.10 Å². The summed E-state index contributed by atoms with van der Waals surface area (Å²) in [5.41, 5.74) is -0.952. The Balaban J connectivity index is 1.54. The number of hydrogen-bond donors (Lipinski definition) is 0. The molecule has 0 N–H and O–H groups in total. The molecule has 2 heterocycles. The second kappa shape index (κ2) is 7.91. The van der Waals surface area contributed by atoms with E-state index in [-0.39, 0.29) is 12.0 Å². The third kappa shape index (κ3) is 4.64. The minimum Gasteiger partial charge on any atom is -0.478 e. The Kier molecular flexibility index (Phi) is 5.61.